The second kappa shape index (κ2) is 10.4. The number of anilines is 1. The SMILES string of the molecule is Cc1cc(S(=O)(=O)N2CCCC[C@@H]2CCNC(=O)C(=O)Nc2cccc(Cl)c2)ccc1F. The fourth-order valence-corrected chi connectivity index (χ4v) is 5.68. The number of hydrogen-bond acceptors (Lipinski definition) is 4. The van der Waals surface area contributed by atoms with Gasteiger partial charge in [0.2, 0.25) is 10.0 Å². The molecule has 3 rings (SSSR count). The van der Waals surface area contributed by atoms with Gasteiger partial charge in [-0.25, -0.2) is 12.8 Å². The van der Waals surface area contributed by atoms with E-state index >= 15 is 0 Å². The molecular formula is C22H25ClFN3O4S. The van der Waals surface area contributed by atoms with Crippen molar-refractivity contribution in [1.29, 1.82) is 0 Å². The van der Waals surface area contributed by atoms with Crippen molar-refractivity contribution < 1.29 is 22.4 Å². The zero-order valence-corrected chi connectivity index (χ0v) is 19.2. The maximum atomic E-state index is 13.6. The van der Waals surface area contributed by atoms with Gasteiger partial charge in [0.15, 0.2) is 0 Å². The predicted octanol–water partition coefficient (Wildman–Crippen LogP) is 3.48. The van der Waals surface area contributed by atoms with E-state index in [1.165, 1.54) is 29.4 Å². The third-order valence-corrected chi connectivity index (χ3v) is 7.54. The van der Waals surface area contributed by atoms with Gasteiger partial charge in [0.1, 0.15) is 5.82 Å². The van der Waals surface area contributed by atoms with Crippen LogP contribution in [0, 0.1) is 12.7 Å². The minimum atomic E-state index is -3.80. The summed E-state index contributed by atoms with van der Waals surface area (Å²) in [4.78, 5) is 24.2. The van der Waals surface area contributed by atoms with E-state index in [-0.39, 0.29) is 23.0 Å². The van der Waals surface area contributed by atoms with Crippen LogP contribution in [0.15, 0.2) is 47.4 Å². The highest BCUT2D eigenvalue weighted by atomic mass is 35.5. The van der Waals surface area contributed by atoms with Crippen molar-refractivity contribution in [3.8, 4) is 0 Å². The van der Waals surface area contributed by atoms with Gasteiger partial charge in [-0.05, 0) is 68.1 Å². The van der Waals surface area contributed by atoms with Crippen LogP contribution in [0.4, 0.5) is 10.1 Å². The normalized spacial score (nSPS) is 17.0. The van der Waals surface area contributed by atoms with E-state index in [9.17, 15) is 22.4 Å². The number of carbonyl (C=O) groups excluding carboxylic acids is 2. The van der Waals surface area contributed by atoms with E-state index in [0.29, 0.717) is 30.1 Å². The van der Waals surface area contributed by atoms with Crippen LogP contribution < -0.4 is 10.6 Å². The highest BCUT2D eigenvalue weighted by molar-refractivity contribution is 7.89. The maximum absolute atomic E-state index is 13.6. The zero-order chi connectivity index (χ0) is 23.3. The molecule has 0 spiro atoms. The Hall–Kier alpha value is -2.49. The summed E-state index contributed by atoms with van der Waals surface area (Å²) in [6.45, 7) is 2.01. The monoisotopic (exact) mass is 481 g/mol. The summed E-state index contributed by atoms with van der Waals surface area (Å²) in [6, 6.07) is 9.86. The molecule has 0 aromatic heterocycles. The molecular weight excluding hydrogens is 457 g/mol. The Kier molecular flexibility index (Phi) is 7.86. The number of rotatable bonds is 6. The summed E-state index contributed by atoms with van der Waals surface area (Å²) in [6.07, 6.45) is 2.59. The lowest BCUT2D eigenvalue weighted by atomic mass is 10.0. The van der Waals surface area contributed by atoms with Crippen molar-refractivity contribution in [2.45, 2.75) is 43.5 Å². The number of aryl methyl sites for hydroxylation is 1. The smallest absolute Gasteiger partial charge is 0.313 e. The minimum Gasteiger partial charge on any atom is -0.348 e. The second-order valence-corrected chi connectivity index (χ2v) is 10.0. The van der Waals surface area contributed by atoms with Crippen LogP contribution in [0.5, 0.6) is 0 Å². The van der Waals surface area contributed by atoms with E-state index < -0.39 is 27.7 Å². The molecule has 2 N–H and O–H groups in total. The Bertz CT molecular complexity index is 1110. The highest BCUT2D eigenvalue weighted by Crippen LogP contribution is 2.27. The van der Waals surface area contributed by atoms with Crippen molar-refractivity contribution in [3.63, 3.8) is 0 Å². The summed E-state index contributed by atoms with van der Waals surface area (Å²) in [5.74, 6) is -2.11. The lowest BCUT2D eigenvalue weighted by Crippen LogP contribution is -2.45. The van der Waals surface area contributed by atoms with Crippen molar-refractivity contribution in [2.24, 2.45) is 0 Å². The Morgan fingerprint density at radius 3 is 2.66 bits per heavy atom. The third-order valence-electron chi connectivity index (χ3n) is 5.36. The average Bonchev–Trinajstić information content (AvgIpc) is 2.75. The van der Waals surface area contributed by atoms with E-state index in [4.69, 9.17) is 11.6 Å². The first-order chi connectivity index (χ1) is 15.2. The van der Waals surface area contributed by atoms with E-state index in [1.54, 1.807) is 18.2 Å². The van der Waals surface area contributed by atoms with Gasteiger partial charge < -0.3 is 10.6 Å². The first kappa shape index (κ1) is 24.2. The molecule has 1 fully saturated rings. The van der Waals surface area contributed by atoms with Crippen LogP contribution in [-0.4, -0.2) is 43.7 Å². The van der Waals surface area contributed by atoms with Crippen LogP contribution in [0.1, 0.15) is 31.2 Å². The molecule has 1 heterocycles. The number of carbonyl (C=O) groups is 2. The van der Waals surface area contributed by atoms with E-state index in [2.05, 4.69) is 10.6 Å². The van der Waals surface area contributed by atoms with Crippen LogP contribution in [0.25, 0.3) is 0 Å². The molecule has 0 bridgehead atoms. The number of sulfonamides is 1. The third kappa shape index (κ3) is 5.85. The van der Waals surface area contributed by atoms with Crippen LogP contribution in [0.2, 0.25) is 5.02 Å². The Morgan fingerprint density at radius 2 is 1.94 bits per heavy atom. The van der Waals surface area contributed by atoms with Gasteiger partial charge in [0.05, 0.1) is 4.90 Å². The number of nitrogens with one attached hydrogen (secondary N) is 2. The largest absolute Gasteiger partial charge is 0.348 e. The first-order valence-electron chi connectivity index (χ1n) is 10.3. The molecule has 0 radical (unpaired) electrons. The highest BCUT2D eigenvalue weighted by Gasteiger charge is 2.33. The fourth-order valence-electron chi connectivity index (χ4n) is 3.68. The van der Waals surface area contributed by atoms with Crippen molar-refractivity contribution in [1.82, 2.24) is 9.62 Å². The van der Waals surface area contributed by atoms with Gasteiger partial charge in [-0.15, -0.1) is 0 Å². The average molecular weight is 482 g/mol. The molecule has 7 nitrogen and oxygen atoms in total. The zero-order valence-electron chi connectivity index (χ0n) is 17.6. The molecule has 1 aliphatic heterocycles. The van der Waals surface area contributed by atoms with Gasteiger partial charge >= 0.3 is 11.8 Å². The lowest BCUT2D eigenvalue weighted by Gasteiger charge is -2.34. The van der Waals surface area contributed by atoms with E-state index in [1.807, 2.05) is 0 Å². The van der Waals surface area contributed by atoms with Crippen molar-refractivity contribution in [3.05, 3.63) is 58.9 Å². The number of piperidine rings is 1. The van der Waals surface area contributed by atoms with Gasteiger partial charge in [-0.1, -0.05) is 24.1 Å². The number of halogens is 2. The minimum absolute atomic E-state index is 0.0493. The van der Waals surface area contributed by atoms with Crippen LogP contribution in [0.3, 0.4) is 0 Å². The molecule has 1 saturated heterocycles. The number of amides is 2. The molecule has 0 saturated carbocycles. The molecule has 2 amide bonds. The standard InChI is InChI=1S/C22H25ClFN3O4S/c1-15-13-19(8-9-20(15)24)32(30,31)27-12-3-2-7-18(27)10-11-25-21(28)22(29)26-17-6-4-5-16(23)14-17/h4-6,8-9,13-14,18H,2-3,7,10-12H2,1H3,(H,25,28)(H,26,29)/t18-/m1/s1. The molecule has 0 unspecified atom stereocenters. The van der Waals surface area contributed by atoms with Crippen LogP contribution >= 0.6 is 11.6 Å². The summed E-state index contributed by atoms with van der Waals surface area (Å²) < 4.78 is 41.3. The van der Waals surface area contributed by atoms with Gasteiger partial charge in [0, 0.05) is 29.8 Å². The summed E-state index contributed by atoms with van der Waals surface area (Å²) in [5, 5.41) is 5.43. The number of benzene rings is 2. The molecule has 32 heavy (non-hydrogen) atoms. The number of nitrogens with zero attached hydrogens (tertiary/aromatic N) is 1. The molecule has 0 aliphatic carbocycles. The molecule has 1 atom stereocenters. The van der Waals surface area contributed by atoms with Crippen LogP contribution in [-0.2, 0) is 19.6 Å². The summed E-state index contributed by atoms with van der Waals surface area (Å²) in [5.41, 5.74) is 0.661. The van der Waals surface area contributed by atoms with Gasteiger partial charge in [-0.3, -0.25) is 9.59 Å². The van der Waals surface area contributed by atoms with E-state index in [0.717, 1.165) is 18.9 Å². The van der Waals surface area contributed by atoms with Gasteiger partial charge in [0.25, 0.3) is 0 Å². The predicted molar refractivity (Wildman–Crippen MR) is 120 cm³/mol. The Balaban J connectivity index is 1.60. The lowest BCUT2D eigenvalue weighted by molar-refractivity contribution is -0.136. The molecule has 10 heteroatoms. The maximum Gasteiger partial charge on any atom is 0.313 e. The Morgan fingerprint density at radius 1 is 1.16 bits per heavy atom. The molecule has 172 valence electrons. The summed E-state index contributed by atoms with van der Waals surface area (Å²) >= 11 is 5.86. The summed E-state index contributed by atoms with van der Waals surface area (Å²) in [7, 11) is -3.80. The first-order valence-corrected chi connectivity index (χ1v) is 12.1. The second-order valence-electron chi connectivity index (χ2n) is 7.69. The topological polar surface area (TPSA) is 95.6 Å². The molecule has 1 aliphatic rings. The fraction of sp³-hybridized carbons (Fsp3) is 0.364. The van der Waals surface area contributed by atoms with Crippen molar-refractivity contribution in [2.75, 3.05) is 18.4 Å². The Labute approximate surface area is 192 Å². The molecule has 2 aromatic carbocycles. The number of hydrogen-bond donors (Lipinski definition) is 2. The molecule has 2 aromatic rings. The quantitative estimate of drug-likeness (QED) is 0.617. The van der Waals surface area contributed by atoms with Crippen molar-refractivity contribution >= 4 is 39.1 Å². The van der Waals surface area contributed by atoms with Gasteiger partial charge in [-0.2, -0.15) is 4.31 Å².